The number of nitrogens with one attached hydrogen (secondary N) is 1. The highest BCUT2D eigenvalue weighted by Crippen LogP contribution is 2.34. The van der Waals surface area contributed by atoms with E-state index in [0.717, 1.165) is 16.3 Å². The lowest BCUT2D eigenvalue weighted by Gasteiger charge is -2.28. The molecule has 0 spiro atoms. The lowest BCUT2D eigenvalue weighted by atomic mass is 10.2. The number of carbonyl (C=O) groups excluding carboxylic acids is 2. The van der Waals surface area contributed by atoms with Crippen LogP contribution in [0.5, 0.6) is 0 Å². The fourth-order valence-corrected chi connectivity index (χ4v) is 3.76. The number of rotatable bonds is 4. The number of nitrogens with zero attached hydrogens (tertiary/aromatic N) is 3. The number of fused-ring (bicyclic) bond motifs is 1. The van der Waals surface area contributed by atoms with Gasteiger partial charge in [-0.3, -0.25) is 9.59 Å². The normalized spacial score (nSPS) is 13.4. The molecule has 26 heavy (non-hydrogen) atoms. The van der Waals surface area contributed by atoms with Crippen LogP contribution < -0.4 is 10.2 Å². The van der Waals surface area contributed by atoms with E-state index < -0.39 is 0 Å². The minimum atomic E-state index is -0.266. The molecule has 1 aromatic heterocycles. The number of anilines is 2. The summed E-state index contributed by atoms with van der Waals surface area (Å²) < 4.78 is 1.65. The highest BCUT2D eigenvalue weighted by Gasteiger charge is 2.26. The molecule has 1 N–H and O–H groups in total. The molecular weight excluding hydrogens is 348 g/mol. The second kappa shape index (κ2) is 7.05. The average Bonchev–Trinajstić information content (AvgIpc) is 3.13. The number of hydrogen-bond acceptors (Lipinski definition) is 4. The van der Waals surface area contributed by atoms with Gasteiger partial charge in [0.25, 0.3) is 0 Å². The summed E-state index contributed by atoms with van der Waals surface area (Å²) in [6.07, 6.45) is 1.63. The maximum atomic E-state index is 12.6. The molecule has 1 aliphatic rings. The molecule has 6 nitrogen and oxygen atoms in total. The Balaban J connectivity index is 1.52. The lowest BCUT2D eigenvalue weighted by molar-refractivity contribution is -0.120. The molecule has 1 aliphatic heterocycles. The minimum absolute atomic E-state index is 0.0314. The van der Waals surface area contributed by atoms with Crippen molar-refractivity contribution in [3.8, 4) is 5.69 Å². The summed E-state index contributed by atoms with van der Waals surface area (Å²) in [5.41, 5.74) is 1.63. The summed E-state index contributed by atoms with van der Waals surface area (Å²) in [5, 5.41) is 7.10. The van der Waals surface area contributed by atoms with E-state index >= 15 is 0 Å². The molecule has 0 saturated heterocycles. The second-order valence-electron chi connectivity index (χ2n) is 5.75. The molecule has 2 heterocycles. The average molecular weight is 364 g/mol. The Morgan fingerprint density at radius 1 is 1.08 bits per heavy atom. The summed E-state index contributed by atoms with van der Waals surface area (Å²) in [7, 11) is 0. The van der Waals surface area contributed by atoms with Gasteiger partial charge in [0.05, 0.1) is 23.3 Å². The number of aromatic nitrogens is 2. The summed E-state index contributed by atoms with van der Waals surface area (Å²) >= 11 is 1.50. The standard InChI is InChI=1S/C19H16N4O2S/c24-18(12-22-15-8-4-5-9-16(15)26-13-19(22)25)21-17-10-11-20-23(17)14-6-2-1-3-7-14/h1-11H,12-13H2,(H,21,24). The van der Waals surface area contributed by atoms with Crippen LogP contribution in [0.25, 0.3) is 5.69 Å². The Morgan fingerprint density at radius 2 is 1.85 bits per heavy atom. The first-order valence-electron chi connectivity index (χ1n) is 8.14. The predicted octanol–water partition coefficient (Wildman–Crippen LogP) is 2.95. The van der Waals surface area contributed by atoms with Crippen LogP contribution in [0.2, 0.25) is 0 Å². The van der Waals surface area contributed by atoms with Gasteiger partial charge >= 0.3 is 0 Å². The van der Waals surface area contributed by atoms with Crippen LogP contribution >= 0.6 is 11.8 Å². The van der Waals surface area contributed by atoms with Gasteiger partial charge < -0.3 is 10.2 Å². The SMILES string of the molecule is O=C(CN1C(=O)CSc2ccccc21)Nc1ccnn1-c1ccccc1. The molecule has 0 bridgehead atoms. The molecule has 0 aliphatic carbocycles. The van der Waals surface area contributed by atoms with Gasteiger partial charge in [-0.15, -0.1) is 11.8 Å². The second-order valence-corrected chi connectivity index (χ2v) is 6.77. The van der Waals surface area contributed by atoms with Crippen molar-refractivity contribution in [2.75, 3.05) is 22.5 Å². The van der Waals surface area contributed by atoms with Crippen molar-refractivity contribution in [1.82, 2.24) is 9.78 Å². The van der Waals surface area contributed by atoms with Crippen molar-refractivity contribution in [2.24, 2.45) is 0 Å². The maximum Gasteiger partial charge on any atom is 0.245 e. The van der Waals surface area contributed by atoms with Crippen molar-refractivity contribution in [1.29, 1.82) is 0 Å². The van der Waals surface area contributed by atoms with Crippen molar-refractivity contribution in [3.05, 3.63) is 66.9 Å². The molecule has 0 atom stereocenters. The molecule has 4 rings (SSSR count). The van der Waals surface area contributed by atoms with E-state index in [1.807, 2.05) is 54.6 Å². The van der Waals surface area contributed by atoms with Crippen molar-refractivity contribution < 1.29 is 9.59 Å². The third-order valence-electron chi connectivity index (χ3n) is 4.02. The predicted molar refractivity (Wildman–Crippen MR) is 102 cm³/mol. The maximum absolute atomic E-state index is 12.6. The molecule has 7 heteroatoms. The van der Waals surface area contributed by atoms with Crippen LogP contribution in [0, 0.1) is 0 Å². The molecule has 0 radical (unpaired) electrons. The van der Waals surface area contributed by atoms with Gasteiger partial charge in [0, 0.05) is 11.0 Å². The highest BCUT2D eigenvalue weighted by atomic mass is 32.2. The summed E-state index contributed by atoms with van der Waals surface area (Å²) in [6, 6.07) is 18.9. The summed E-state index contributed by atoms with van der Waals surface area (Å²) in [4.78, 5) is 27.4. The van der Waals surface area contributed by atoms with Gasteiger partial charge in [-0.1, -0.05) is 30.3 Å². The molecule has 0 unspecified atom stereocenters. The zero-order chi connectivity index (χ0) is 17.9. The zero-order valence-corrected chi connectivity index (χ0v) is 14.6. The highest BCUT2D eigenvalue weighted by molar-refractivity contribution is 8.00. The number of amides is 2. The monoisotopic (exact) mass is 364 g/mol. The Morgan fingerprint density at radius 3 is 2.69 bits per heavy atom. The molecule has 2 aromatic carbocycles. The smallest absolute Gasteiger partial charge is 0.245 e. The molecule has 0 saturated carbocycles. The van der Waals surface area contributed by atoms with E-state index in [9.17, 15) is 9.59 Å². The Hall–Kier alpha value is -3.06. The van der Waals surface area contributed by atoms with Gasteiger partial charge in [0.1, 0.15) is 12.4 Å². The quantitative estimate of drug-likeness (QED) is 0.773. The first kappa shape index (κ1) is 16.4. The van der Waals surface area contributed by atoms with E-state index in [0.29, 0.717) is 11.6 Å². The number of para-hydroxylation sites is 2. The van der Waals surface area contributed by atoms with Gasteiger partial charge in [-0.05, 0) is 24.3 Å². The minimum Gasteiger partial charge on any atom is -0.309 e. The molecule has 130 valence electrons. The molecule has 0 fully saturated rings. The number of thioether (sulfide) groups is 1. The third kappa shape index (κ3) is 3.21. The number of hydrogen-bond donors (Lipinski definition) is 1. The van der Waals surface area contributed by atoms with E-state index in [-0.39, 0.29) is 18.4 Å². The number of benzene rings is 2. The van der Waals surface area contributed by atoms with Crippen LogP contribution in [0.15, 0.2) is 71.8 Å². The van der Waals surface area contributed by atoms with Crippen LogP contribution in [-0.4, -0.2) is 33.9 Å². The first-order chi connectivity index (χ1) is 12.7. The molecule has 3 aromatic rings. The van der Waals surface area contributed by atoms with Gasteiger partial charge in [0.2, 0.25) is 11.8 Å². The number of carbonyl (C=O) groups is 2. The van der Waals surface area contributed by atoms with E-state index in [1.165, 1.54) is 16.7 Å². The molecular formula is C19H16N4O2S. The van der Waals surface area contributed by atoms with Gasteiger partial charge in [-0.25, -0.2) is 4.68 Å². The largest absolute Gasteiger partial charge is 0.309 e. The Bertz CT molecular complexity index is 955. The van der Waals surface area contributed by atoms with Crippen molar-refractivity contribution in [2.45, 2.75) is 4.90 Å². The van der Waals surface area contributed by atoms with Gasteiger partial charge in [0.15, 0.2) is 0 Å². The molecule has 2 amide bonds. The van der Waals surface area contributed by atoms with E-state index in [1.54, 1.807) is 16.9 Å². The van der Waals surface area contributed by atoms with Crippen LogP contribution in [-0.2, 0) is 9.59 Å². The van der Waals surface area contributed by atoms with Crippen LogP contribution in [0.4, 0.5) is 11.5 Å². The van der Waals surface area contributed by atoms with Crippen LogP contribution in [0.1, 0.15) is 0 Å². The lowest BCUT2D eigenvalue weighted by Crippen LogP contribution is -2.41. The topological polar surface area (TPSA) is 67.2 Å². The fraction of sp³-hybridized carbons (Fsp3) is 0.105. The van der Waals surface area contributed by atoms with Gasteiger partial charge in [-0.2, -0.15) is 5.10 Å². The van der Waals surface area contributed by atoms with Crippen LogP contribution in [0.3, 0.4) is 0 Å². The van der Waals surface area contributed by atoms with Crippen molar-refractivity contribution >= 4 is 35.1 Å². The first-order valence-corrected chi connectivity index (χ1v) is 9.12. The summed E-state index contributed by atoms with van der Waals surface area (Å²) in [6.45, 7) is -0.0314. The Labute approximate surface area is 154 Å². The van der Waals surface area contributed by atoms with E-state index in [4.69, 9.17) is 0 Å². The third-order valence-corrected chi connectivity index (χ3v) is 5.07. The fourth-order valence-electron chi connectivity index (χ4n) is 2.83. The zero-order valence-electron chi connectivity index (χ0n) is 13.8. The Kier molecular flexibility index (Phi) is 4.45. The van der Waals surface area contributed by atoms with Crippen molar-refractivity contribution in [3.63, 3.8) is 0 Å². The van der Waals surface area contributed by atoms with E-state index in [2.05, 4.69) is 10.4 Å². The summed E-state index contributed by atoms with van der Waals surface area (Å²) in [5.74, 6) is 0.568.